The van der Waals surface area contributed by atoms with Gasteiger partial charge in [0.1, 0.15) is 6.04 Å². The van der Waals surface area contributed by atoms with E-state index >= 15 is 0 Å². The van der Waals surface area contributed by atoms with Gasteiger partial charge in [-0.2, -0.15) is 10.1 Å². The number of aromatic nitrogens is 4. The molecule has 0 N–H and O–H groups in total. The van der Waals surface area contributed by atoms with E-state index in [1.54, 1.807) is 0 Å². The summed E-state index contributed by atoms with van der Waals surface area (Å²) in [4.78, 5) is 4.62. The highest BCUT2D eigenvalue weighted by Gasteiger charge is 2.24. The lowest BCUT2D eigenvalue weighted by Crippen LogP contribution is -2.11. The van der Waals surface area contributed by atoms with Crippen LogP contribution in [0.25, 0.3) is 0 Å². The van der Waals surface area contributed by atoms with Crippen molar-refractivity contribution >= 4 is 0 Å². The molecule has 0 radical (unpaired) electrons. The monoisotopic (exact) mass is 274 g/mol. The molecule has 0 aliphatic heterocycles. The highest BCUT2D eigenvalue weighted by atomic mass is 16.5. The molecule has 0 unspecified atom stereocenters. The maximum absolute atomic E-state index is 5.48. The fraction of sp³-hybridized carbons (Fsp3) is 0.667. The molecule has 1 fully saturated rings. The number of aryl methyl sites for hydroxylation is 2. The minimum atomic E-state index is -0.00598. The topological polar surface area (TPSA) is 56.7 Å². The maximum Gasteiger partial charge on any atom is 0.251 e. The smallest absolute Gasteiger partial charge is 0.251 e. The molecule has 3 rings (SSSR count). The first kappa shape index (κ1) is 13.3. The Morgan fingerprint density at radius 2 is 2.00 bits per heavy atom. The fourth-order valence-electron chi connectivity index (χ4n) is 3.09. The first-order chi connectivity index (χ1) is 9.65. The van der Waals surface area contributed by atoms with E-state index in [4.69, 9.17) is 4.52 Å². The Labute approximate surface area is 119 Å². The van der Waals surface area contributed by atoms with Gasteiger partial charge in [-0.25, -0.2) is 0 Å². The quantitative estimate of drug-likeness (QED) is 0.859. The van der Waals surface area contributed by atoms with Crippen LogP contribution in [-0.2, 0) is 0 Å². The third-order valence-electron chi connectivity index (χ3n) is 4.20. The molecule has 0 bridgehead atoms. The highest BCUT2D eigenvalue weighted by Crippen LogP contribution is 2.31. The average molecular weight is 274 g/mol. The second kappa shape index (κ2) is 5.38. The Bertz CT molecular complexity index is 580. The Hall–Kier alpha value is -1.65. The molecule has 2 heterocycles. The number of nitrogens with zero attached hydrogens (tertiary/aromatic N) is 4. The zero-order valence-electron chi connectivity index (χ0n) is 12.5. The predicted molar refractivity (Wildman–Crippen MR) is 75.6 cm³/mol. The Morgan fingerprint density at radius 1 is 1.25 bits per heavy atom. The van der Waals surface area contributed by atoms with Crippen molar-refractivity contribution in [2.24, 2.45) is 0 Å². The van der Waals surface area contributed by atoms with E-state index in [1.165, 1.54) is 32.1 Å². The lowest BCUT2D eigenvalue weighted by atomic mass is 9.89. The molecule has 1 atom stereocenters. The molecule has 2 aromatic heterocycles. The van der Waals surface area contributed by atoms with Crippen molar-refractivity contribution in [3.63, 3.8) is 0 Å². The molecule has 0 spiro atoms. The molecule has 0 aromatic carbocycles. The van der Waals surface area contributed by atoms with Crippen LogP contribution in [0, 0.1) is 13.8 Å². The highest BCUT2D eigenvalue weighted by molar-refractivity contribution is 5.10. The van der Waals surface area contributed by atoms with Gasteiger partial charge in [0.25, 0.3) is 5.89 Å². The van der Waals surface area contributed by atoms with Crippen LogP contribution in [-0.4, -0.2) is 19.9 Å². The number of hydrogen-bond donors (Lipinski definition) is 0. The van der Waals surface area contributed by atoms with Crippen LogP contribution in [0.2, 0.25) is 0 Å². The molecule has 0 saturated heterocycles. The average Bonchev–Trinajstić information content (AvgIpc) is 3.06. The third kappa shape index (κ3) is 2.49. The molecule has 108 valence electrons. The van der Waals surface area contributed by atoms with Crippen molar-refractivity contribution in [2.75, 3.05) is 0 Å². The molecule has 2 aromatic rings. The van der Waals surface area contributed by atoms with Gasteiger partial charge in [-0.3, -0.25) is 4.68 Å². The molecule has 1 aliphatic carbocycles. The van der Waals surface area contributed by atoms with E-state index in [9.17, 15) is 0 Å². The largest absolute Gasteiger partial charge is 0.337 e. The molecule has 5 nitrogen and oxygen atoms in total. The molecule has 5 heteroatoms. The summed E-state index contributed by atoms with van der Waals surface area (Å²) in [5.74, 6) is 2.03. The zero-order chi connectivity index (χ0) is 14.1. The minimum absolute atomic E-state index is 0.00598. The molecule has 0 amide bonds. The fourth-order valence-corrected chi connectivity index (χ4v) is 3.09. The summed E-state index contributed by atoms with van der Waals surface area (Å²) >= 11 is 0. The predicted octanol–water partition coefficient (Wildman–Crippen LogP) is 3.54. The van der Waals surface area contributed by atoms with Crippen LogP contribution in [0.4, 0.5) is 0 Å². The van der Waals surface area contributed by atoms with Crippen LogP contribution >= 0.6 is 0 Å². The van der Waals surface area contributed by atoms with Crippen LogP contribution in [0.3, 0.4) is 0 Å². The summed E-state index contributed by atoms with van der Waals surface area (Å²) in [6, 6.07) is 2.06. The summed E-state index contributed by atoms with van der Waals surface area (Å²) in [5.41, 5.74) is 2.13. The van der Waals surface area contributed by atoms with Gasteiger partial charge >= 0.3 is 0 Å². The van der Waals surface area contributed by atoms with Gasteiger partial charge in [0.05, 0.1) is 5.69 Å². The Balaban J connectivity index is 1.80. The van der Waals surface area contributed by atoms with Crippen LogP contribution in [0.5, 0.6) is 0 Å². The van der Waals surface area contributed by atoms with Crippen LogP contribution in [0.1, 0.15) is 74.1 Å². The maximum atomic E-state index is 5.48. The lowest BCUT2D eigenvalue weighted by molar-refractivity contribution is 0.325. The number of rotatable bonds is 3. The van der Waals surface area contributed by atoms with Crippen molar-refractivity contribution in [1.82, 2.24) is 19.9 Å². The van der Waals surface area contributed by atoms with E-state index in [0.717, 1.165) is 17.2 Å². The van der Waals surface area contributed by atoms with Gasteiger partial charge in [0, 0.05) is 11.6 Å². The van der Waals surface area contributed by atoms with Crippen molar-refractivity contribution in [1.29, 1.82) is 0 Å². The zero-order valence-corrected chi connectivity index (χ0v) is 12.5. The lowest BCUT2D eigenvalue weighted by Gasteiger charge is -2.17. The summed E-state index contributed by atoms with van der Waals surface area (Å²) in [6.45, 7) is 6.10. The Morgan fingerprint density at radius 3 is 2.65 bits per heavy atom. The van der Waals surface area contributed by atoms with Crippen molar-refractivity contribution in [2.45, 2.75) is 64.8 Å². The van der Waals surface area contributed by atoms with E-state index in [2.05, 4.69) is 35.2 Å². The molecule has 1 saturated carbocycles. The summed E-state index contributed by atoms with van der Waals surface area (Å²) < 4.78 is 7.43. The SMILES string of the molecule is Cc1cc(C)n([C@@H](C)c2nc(C3CCCCC3)no2)n1. The van der Waals surface area contributed by atoms with Gasteiger partial charge in [0.15, 0.2) is 5.82 Å². The molecular formula is C15H22N4O. The minimum Gasteiger partial charge on any atom is -0.337 e. The van der Waals surface area contributed by atoms with Gasteiger partial charge in [-0.1, -0.05) is 24.4 Å². The van der Waals surface area contributed by atoms with Crippen LogP contribution < -0.4 is 0 Å². The molecular weight excluding hydrogens is 252 g/mol. The summed E-state index contributed by atoms with van der Waals surface area (Å²) in [7, 11) is 0. The van der Waals surface area contributed by atoms with Gasteiger partial charge in [0.2, 0.25) is 0 Å². The second-order valence-corrected chi connectivity index (χ2v) is 5.87. The summed E-state index contributed by atoms with van der Waals surface area (Å²) in [6.07, 6.45) is 6.27. The van der Waals surface area contributed by atoms with E-state index in [-0.39, 0.29) is 6.04 Å². The third-order valence-corrected chi connectivity index (χ3v) is 4.20. The molecule has 1 aliphatic rings. The molecule has 20 heavy (non-hydrogen) atoms. The van der Waals surface area contributed by atoms with Crippen molar-refractivity contribution in [3.05, 3.63) is 29.2 Å². The Kier molecular flexibility index (Phi) is 3.59. The standard InChI is InChI=1S/C15H22N4O/c1-10-9-11(2)19(17-10)12(3)15-16-14(18-20-15)13-7-5-4-6-8-13/h9,12-13H,4-8H2,1-3H3/t12-/m0/s1. The van der Waals surface area contributed by atoms with E-state index in [1.807, 2.05) is 11.6 Å². The van der Waals surface area contributed by atoms with Crippen molar-refractivity contribution in [3.8, 4) is 0 Å². The van der Waals surface area contributed by atoms with Crippen LogP contribution in [0.15, 0.2) is 10.6 Å². The normalized spacial score (nSPS) is 18.4. The van der Waals surface area contributed by atoms with Gasteiger partial charge in [-0.15, -0.1) is 0 Å². The first-order valence-electron chi connectivity index (χ1n) is 7.51. The summed E-state index contributed by atoms with van der Waals surface area (Å²) in [5, 5.41) is 8.69. The van der Waals surface area contributed by atoms with Gasteiger partial charge in [-0.05, 0) is 39.7 Å². The van der Waals surface area contributed by atoms with E-state index < -0.39 is 0 Å². The van der Waals surface area contributed by atoms with Gasteiger partial charge < -0.3 is 4.52 Å². The first-order valence-corrected chi connectivity index (χ1v) is 7.51. The van der Waals surface area contributed by atoms with Crippen molar-refractivity contribution < 1.29 is 4.52 Å². The van der Waals surface area contributed by atoms with E-state index in [0.29, 0.717) is 11.8 Å². The number of hydrogen-bond acceptors (Lipinski definition) is 4. The second-order valence-electron chi connectivity index (χ2n) is 5.87.